The number of H-pyrrole nitrogens is 1. The van der Waals surface area contributed by atoms with Crippen LogP contribution in [0.5, 0.6) is 0 Å². The molecule has 0 bridgehead atoms. The second-order valence-corrected chi connectivity index (χ2v) is 8.83. The number of nitrogens with zero attached hydrogens (tertiary/aromatic N) is 3. The van der Waals surface area contributed by atoms with E-state index in [-0.39, 0.29) is 23.6 Å². The maximum atomic E-state index is 12.5. The Morgan fingerprint density at radius 2 is 1.71 bits per heavy atom. The van der Waals surface area contributed by atoms with Gasteiger partial charge in [0.05, 0.1) is 11.0 Å². The van der Waals surface area contributed by atoms with Crippen LogP contribution in [0.15, 0.2) is 23.0 Å². The van der Waals surface area contributed by atoms with Crippen LogP contribution in [0, 0.1) is 12.8 Å². The van der Waals surface area contributed by atoms with Gasteiger partial charge in [-0.1, -0.05) is 6.07 Å². The third kappa shape index (κ3) is 3.62. The fourth-order valence-electron chi connectivity index (χ4n) is 5.16. The number of fused-ring (bicyclic) bond motifs is 1. The van der Waals surface area contributed by atoms with Gasteiger partial charge in [-0.15, -0.1) is 0 Å². The Morgan fingerprint density at radius 1 is 1.04 bits per heavy atom. The third-order valence-corrected chi connectivity index (χ3v) is 6.74. The highest BCUT2D eigenvalue weighted by Gasteiger charge is 2.32. The molecule has 6 nitrogen and oxygen atoms in total. The van der Waals surface area contributed by atoms with Gasteiger partial charge in [0.25, 0.3) is 0 Å². The fraction of sp³-hybridized carbons (Fsp3) is 0.636. The lowest BCUT2D eigenvalue weighted by atomic mass is 9.84. The lowest BCUT2D eigenvalue weighted by molar-refractivity contribution is -0.134. The molecule has 1 aliphatic heterocycles. The van der Waals surface area contributed by atoms with E-state index in [0.717, 1.165) is 62.6 Å². The smallest absolute Gasteiger partial charge is 0.326 e. The highest BCUT2D eigenvalue weighted by molar-refractivity contribution is 5.78. The molecule has 1 saturated heterocycles. The van der Waals surface area contributed by atoms with Crippen molar-refractivity contribution in [1.29, 1.82) is 0 Å². The summed E-state index contributed by atoms with van der Waals surface area (Å²) in [6, 6.07) is 7.02. The van der Waals surface area contributed by atoms with Gasteiger partial charge in [0.1, 0.15) is 0 Å². The Balaban J connectivity index is 1.38. The van der Waals surface area contributed by atoms with E-state index in [4.69, 9.17) is 0 Å². The number of imidazole rings is 1. The van der Waals surface area contributed by atoms with Crippen molar-refractivity contribution < 1.29 is 4.79 Å². The van der Waals surface area contributed by atoms with E-state index in [0.29, 0.717) is 6.04 Å². The highest BCUT2D eigenvalue weighted by Crippen LogP contribution is 2.32. The molecular formula is C22H32N4O2. The summed E-state index contributed by atoms with van der Waals surface area (Å²) in [5, 5.41) is 0. The molecule has 1 amide bonds. The number of rotatable bonds is 3. The number of likely N-dealkylation sites (tertiary alicyclic amines) is 1. The molecule has 2 aliphatic rings. The summed E-state index contributed by atoms with van der Waals surface area (Å²) in [5.41, 5.74) is 3.16. The zero-order valence-electron chi connectivity index (χ0n) is 17.3. The van der Waals surface area contributed by atoms with Crippen LogP contribution in [-0.2, 0) is 4.79 Å². The van der Waals surface area contributed by atoms with Crippen LogP contribution in [0.2, 0.25) is 0 Å². The number of piperidine rings is 1. The van der Waals surface area contributed by atoms with Crippen molar-refractivity contribution in [2.24, 2.45) is 5.92 Å². The van der Waals surface area contributed by atoms with Crippen molar-refractivity contribution >= 4 is 16.9 Å². The van der Waals surface area contributed by atoms with Gasteiger partial charge in [0.15, 0.2) is 0 Å². The van der Waals surface area contributed by atoms with Gasteiger partial charge in [-0.05, 0) is 63.1 Å². The van der Waals surface area contributed by atoms with E-state index >= 15 is 0 Å². The second kappa shape index (κ2) is 7.74. The van der Waals surface area contributed by atoms with Gasteiger partial charge in [-0.2, -0.15) is 0 Å². The normalized spacial score (nSPS) is 24.5. The average Bonchev–Trinajstić information content (AvgIpc) is 3.02. The molecule has 1 saturated carbocycles. The van der Waals surface area contributed by atoms with Gasteiger partial charge in [0, 0.05) is 45.2 Å². The minimum Gasteiger partial charge on any atom is -0.349 e. The van der Waals surface area contributed by atoms with E-state index in [1.165, 1.54) is 5.56 Å². The van der Waals surface area contributed by atoms with Crippen molar-refractivity contribution in [1.82, 2.24) is 19.4 Å². The average molecular weight is 385 g/mol. The zero-order valence-corrected chi connectivity index (χ0v) is 17.3. The van der Waals surface area contributed by atoms with Crippen LogP contribution in [0.1, 0.15) is 50.1 Å². The van der Waals surface area contributed by atoms with E-state index in [2.05, 4.69) is 22.9 Å². The van der Waals surface area contributed by atoms with Gasteiger partial charge in [0.2, 0.25) is 5.91 Å². The molecule has 1 N–H and O–H groups in total. The van der Waals surface area contributed by atoms with Crippen molar-refractivity contribution in [3.63, 3.8) is 0 Å². The highest BCUT2D eigenvalue weighted by atomic mass is 16.2. The predicted octanol–water partition coefficient (Wildman–Crippen LogP) is 2.92. The summed E-state index contributed by atoms with van der Waals surface area (Å²) in [5.74, 6) is 0.489. The van der Waals surface area contributed by atoms with E-state index in [1.54, 1.807) is 4.90 Å². The Kier molecular flexibility index (Phi) is 5.32. The molecular weight excluding hydrogens is 352 g/mol. The standard InChI is InChI=1S/C22H32N4O2/c1-15-4-9-19-20(14-15)26(22(28)23-19)18-10-12-25(13-11-18)17-7-5-16(6-8-17)21(27)24(2)3/h4,9,14,16-18H,5-8,10-13H2,1-3H3,(H,23,28). The topological polar surface area (TPSA) is 61.3 Å². The molecule has 1 aliphatic carbocycles. The van der Waals surface area contributed by atoms with Crippen molar-refractivity contribution in [2.75, 3.05) is 27.2 Å². The van der Waals surface area contributed by atoms with Gasteiger partial charge in [-0.25, -0.2) is 4.79 Å². The first-order valence-electron chi connectivity index (χ1n) is 10.6. The zero-order chi connectivity index (χ0) is 19.8. The van der Waals surface area contributed by atoms with E-state index in [9.17, 15) is 9.59 Å². The summed E-state index contributed by atoms with van der Waals surface area (Å²) in [6.45, 7) is 4.14. The number of aryl methyl sites for hydroxylation is 1. The molecule has 152 valence electrons. The molecule has 4 rings (SSSR count). The predicted molar refractivity (Wildman–Crippen MR) is 112 cm³/mol. The molecule has 2 heterocycles. The van der Waals surface area contributed by atoms with E-state index < -0.39 is 0 Å². The molecule has 6 heteroatoms. The maximum Gasteiger partial charge on any atom is 0.326 e. The molecule has 2 aromatic rings. The monoisotopic (exact) mass is 384 g/mol. The molecule has 1 aromatic carbocycles. The maximum absolute atomic E-state index is 12.5. The van der Waals surface area contributed by atoms with Gasteiger partial charge in [-0.3, -0.25) is 9.36 Å². The lowest BCUT2D eigenvalue weighted by Crippen LogP contribution is -2.45. The third-order valence-electron chi connectivity index (χ3n) is 6.74. The van der Waals surface area contributed by atoms with Gasteiger partial charge >= 0.3 is 5.69 Å². The molecule has 2 fully saturated rings. The minimum absolute atomic E-state index is 0.0155. The Bertz CT molecular complexity index is 897. The fourth-order valence-corrected chi connectivity index (χ4v) is 5.16. The first-order valence-corrected chi connectivity index (χ1v) is 10.6. The SMILES string of the molecule is Cc1ccc2[nH]c(=O)n(C3CCN(C4CCC(C(=O)N(C)C)CC4)CC3)c2c1. The minimum atomic E-state index is 0.0155. The van der Waals surface area contributed by atoms with Crippen LogP contribution in [0.25, 0.3) is 11.0 Å². The summed E-state index contributed by atoms with van der Waals surface area (Å²) >= 11 is 0. The Hall–Kier alpha value is -2.08. The van der Waals surface area contributed by atoms with E-state index in [1.807, 2.05) is 30.8 Å². The van der Waals surface area contributed by atoms with Crippen LogP contribution in [0.4, 0.5) is 0 Å². The summed E-state index contributed by atoms with van der Waals surface area (Å²) in [7, 11) is 3.71. The number of hydrogen-bond donors (Lipinski definition) is 1. The number of nitrogens with one attached hydrogen (secondary N) is 1. The van der Waals surface area contributed by atoms with Crippen LogP contribution < -0.4 is 5.69 Å². The first-order chi connectivity index (χ1) is 13.4. The van der Waals surface area contributed by atoms with Crippen molar-refractivity contribution in [3.8, 4) is 0 Å². The lowest BCUT2D eigenvalue weighted by Gasteiger charge is -2.41. The number of aromatic amines is 1. The number of carbonyl (C=O) groups is 1. The Labute approximate surface area is 166 Å². The van der Waals surface area contributed by atoms with Gasteiger partial charge < -0.3 is 14.8 Å². The number of hydrogen-bond acceptors (Lipinski definition) is 3. The quantitative estimate of drug-likeness (QED) is 0.885. The second-order valence-electron chi connectivity index (χ2n) is 8.83. The molecule has 0 radical (unpaired) electrons. The van der Waals surface area contributed by atoms with Crippen LogP contribution in [-0.4, -0.2) is 58.5 Å². The van der Waals surface area contributed by atoms with Crippen molar-refractivity contribution in [3.05, 3.63) is 34.2 Å². The number of aromatic nitrogens is 2. The molecule has 1 aromatic heterocycles. The van der Waals surface area contributed by atoms with Crippen molar-refractivity contribution in [2.45, 2.75) is 57.5 Å². The molecule has 0 spiro atoms. The molecule has 0 unspecified atom stereocenters. The number of carbonyl (C=O) groups excluding carboxylic acids is 1. The number of amides is 1. The van der Waals surface area contributed by atoms with Crippen LogP contribution in [0.3, 0.4) is 0 Å². The Morgan fingerprint density at radius 3 is 2.36 bits per heavy atom. The summed E-state index contributed by atoms with van der Waals surface area (Å²) < 4.78 is 1.98. The summed E-state index contributed by atoms with van der Waals surface area (Å²) in [6.07, 6.45) is 6.25. The first kappa shape index (κ1) is 19.2. The van der Waals surface area contributed by atoms with Crippen LogP contribution >= 0.6 is 0 Å². The molecule has 28 heavy (non-hydrogen) atoms. The largest absolute Gasteiger partial charge is 0.349 e. The number of benzene rings is 1. The molecule has 0 atom stereocenters. The summed E-state index contributed by atoms with van der Waals surface area (Å²) in [4.78, 5) is 32.1.